The van der Waals surface area contributed by atoms with E-state index in [9.17, 15) is 9.90 Å². The quantitative estimate of drug-likeness (QED) is 0.278. The second kappa shape index (κ2) is 9.90. The summed E-state index contributed by atoms with van der Waals surface area (Å²) in [4.78, 5) is 12.3. The van der Waals surface area contributed by atoms with Gasteiger partial charge in [-0.25, -0.2) is 4.79 Å². The number of hydrogen-bond acceptors (Lipinski definition) is 4. The van der Waals surface area contributed by atoms with E-state index < -0.39 is 11.7 Å². The number of ether oxygens (including phenoxy) is 2. The average Bonchev–Trinajstić information content (AvgIpc) is 3.28. The molecule has 162 valence electrons. The van der Waals surface area contributed by atoms with E-state index in [1.54, 1.807) is 0 Å². The van der Waals surface area contributed by atoms with Gasteiger partial charge in [0.15, 0.2) is 6.10 Å². The van der Waals surface area contributed by atoms with E-state index in [1.807, 2.05) is 26.8 Å². The van der Waals surface area contributed by atoms with Gasteiger partial charge in [-0.3, -0.25) is 0 Å². The summed E-state index contributed by atoms with van der Waals surface area (Å²) >= 11 is 0. The fourth-order valence-electron chi connectivity index (χ4n) is 3.81. The van der Waals surface area contributed by atoms with E-state index in [0.29, 0.717) is 0 Å². The van der Waals surface area contributed by atoms with E-state index in [1.165, 1.54) is 11.6 Å². The molecule has 1 aliphatic heterocycles. The first-order valence-corrected chi connectivity index (χ1v) is 10.7. The highest BCUT2D eigenvalue weighted by molar-refractivity contribution is 5.83. The molecule has 1 fully saturated rings. The van der Waals surface area contributed by atoms with E-state index in [2.05, 4.69) is 39.0 Å². The van der Waals surface area contributed by atoms with Crippen LogP contribution in [0.25, 0.3) is 0 Å². The molecule has 0 unspecified atom stereocenters. The average molecular weight is 403 g/mol. The van der Waals surface area contributed by atoms with Gasteiger partial charge in [-0.15, -0.1) is 0 Å². The topological polar surface area (TPSA) is 59.1 Å². The van der Waals surface area contributed by atoms with Crippen molar-refractivity contribution in [2.75, 3.05) is 6.61 Å². The van der Waals surface area contributed by atoms with Gasteiger partial charge in [0.2, 0.25) is 0 Å². The lowest BCUT2D eigenvalue weighted by Gasteiger charge is -2.26. The van der Waals surface area contributed by atoms with Gasteiger partial charge in [-0.05, 0) is 83.8 Å². The molecule has 1 N–H and O–H groups in total. The van der Waals surface area contributed by atoms with Gasteiger partial charge in [-0.1, -0.05) is 36.3 Å². The monoisotopic (exact) mass is 402 g/mol. The summed E-state index contributed by atoms with van der Waals surface area (Å²) < 4.78 is 11.8. The SMILES string of the molecule is CC(C)=CCC[C@]1(C)/C=C/[C@H](OC(=O)C=C(C)C)[C@]2(C)O[C@@H]2CC/C(CO)=C\C1. The molecule has 2 aliphatic rings. The number of epoxide rings is 1. The minimum absolute atomic E-state index is 0.0293. The van der Waals surface area contributed by atoms with Gasteiger partial charge in [-0.2, -0.15) is 0 Å². The van der Waals surface area contributed by atoms with Crippen molar-refractivity contribution >= 4 is 5.97 Å². The molecule has 0 spiro atoms. The molecule has 4 nitrogen and oxygen atoms in total. The Bertz CT molecular complexity index is 706. The van der Waals surface area contributed by atoms with Gasteiger partial charge in [0.1, 0.15) is 5.60 Å². The predicted molar refractivity (Wildman–Crippen MR) is 118 cm³/mol. The highest BCUT2D eigenvalue weighted by Crippen LogP contribution is 2.45. The number of carbonyl (C=O) groups excluding carboxylic acids is 1. The number of aliphatic hydroxyl groups excluding tert-OH is 1. The van der Waals surface area contributed by atoms with Crippen LogP contribution in [-0.2, 0) is 14.3 Å². The fraction of sp³-hybridized carbons (Fsp3) is 0.640. The van der Waals surface area contributed by atoms with Gasteiger partial charge in [0, 0.05) is 6.08 Å². The van der Waals surface area contributed by atoms with E-state index in [4.69, 9.17) is 9.47 Å². The highest BCUT2D eigenvalue weighted by atomic mass is 16.6. The maximum absolute atomic E-state index is 12.3. The summed E-state index contributed by atoms with van der Waals surface area (Å²) in [7, 11) is 0. The van der Waals surface area contributed by atoms with Gasteiger partial charge in [0.25, 0.3) is 0 Å². The minimum Gasteiger partial charge on any atom is -0.452 e. The molecule has 1 heterocycles. The van der Waals surface area contributed by atoms with E-state index in [0.717, 1.165) is 43.3 Å². The third-order valence-corrected chi connectivity index (χ3v) is 5.92. The summed E-state index contributed by atoms with van der Waals surface area (Å²) in [5, 5.41) is 9.77. The molecule has 0 aromatic rings. The lowest BCUT2D eigenvalue weighted by molar-refractivity contribution is -0.143. The molecule has 0 bridgehead atoms. The zero-order valence-electron chi connectivity index (χ0n) is 19.0. The van der Waals surface area contributed by atoms with Crippen LogP contribution in [0.2, 0.25) is 0 Å². The number of rotatable bonds is 6. The summed E-state index contributed by atoms with van der Waals surface area (Å²) in [6, 6.07) is 0. The predicted octanol–water partition coefficient (Wildman–Crippen LogP) is 5.43. The van der Waals surface area contributed by atoms with Crippen LogP contribution in [0.3, 0.4) is 0 Å². The standard InChI is InChI=1S/C25H38O4/c1-18(2)8-7-13-24(5)14-11-20(17-26)9-10-22-25(6,29-22)21(12-15-24)28-23(27)16-19(3)4/h8,11-12,15-16,21-22,26H,7,9-10,13-14,17H2,1-6H3/b15-12+,20-11+/t21-,22+,24-,25-/m0/s1. The largest absolute Gasteiger partial charge is 0.452 e. The minimum atomic E-state index is -0.507. The van der Waals surface area contributed by atoms with Crippen molar-refractivity contribution in [3.05, 3.63) is 47.1 Å². The smallest absolute Gasteiger partial charge is 0.331 e. The van der Waals surface area contributed by atoms with Crippen LogP contribution in [0.1, 0.15) is 73.6 Å². The molecule has 0 aromatic heterocycles. The number of esters is 1. The molecular weight excluding hydrogens is 364 g/mol. The maximum Gasteiger partial charge on any atom is 0.331 e. The number of fused-ring (bicyclic) bond motifs is 1. The first kappa shape index (κ1) is 23.6. The van der Waals surface area contributed by atoms with Crippen molar-refractivity contribution in [2.24, 2.45) is 5.41 Å². The Morgan fingerprint density at radius 3 is 2.62 bits per heavy atom. The third-order valence-electron chi connectivity index (χ3n) is 5.92. The van der Waals surface area contributed by atoms with Crippen LogP contribution in [-0.4, -0.2) is 35.5 Å². The summed E-state index contributed by atoms with van der Waals surface area (Å²) in [6.07, 6.45) is 14.2. The number of hydrogen-bond donors (Lipinski definition) is 1. The summed E-state index contributed by atoms with van der Waals surface area (Å²) in [6.45, 7) is 12.3. The Morgan fingerprint density at radius 1 is 1.28 bits per heavy atom. The second-order valence-corrected chi connectivity index (χ2v) is 9.47. The van der Waals surface area contributed by atoms with Crippen molar-refractivity contribution in [1.29, 1.82) is 0 Å². The lowest BCUT2D eigenvalue weighted by Crippen LogP contribution is -2.32. The molecule has 2 rings (SSSR count). The molecule has 0 radical (unpaired) electrons. The molecule has 0 amide bonds. The Balaban J connectivity index is 2.30. The second-order valence-electron chi connectivity index (χ2n) is 9.47. The Hall–Kier alpha value is -1.65. The molecule has 1 aliphatic carbocycles. The molecule has 29 heavy (non-hydrogen) atoms. The van der Waals surface area contributed by atoms with Crippen molar-refractivity contribution in [3.8, 4) is 0 Å². The van der Waals surface area contributed by atoms with Crippen molar-refractivity contribution in [1.82, 2.24) is 0 Å². The van der Waals surface area contributed by atoms with Gasteiger partial charge in [0.05, 0.1) is 12.7 Å². The summed E-state index contributed by atoms with van der Waals surface area (Å²) in [5.74, 6) is -0.328. The fourth-order valence-corrected chi connectivity index (χ4v) is 3.81. The molecule has 1 saturated heterocycles. The number of carbonyl (C=O) groups is 1. The zero-order chi connectivity index (χ0) is 21.7. The molecule has 4 atom stereocenters. The van der Waals surface area contributed by atoms with Crippen LogP contribution >= 0.6 is 0 Å². The van der Waals surface area contributed by atoms with Crippen LogP contribution in [0.5, 0.6) is 0 Å². The Morgan fingerprint density at radius 2 is 2.00 bits per heavy atom. The van der Waals surface area contributed by atoms with Crippen LogP contribution in [0.4, 0.5) is 0 Å². The Kier molecular flexibility index (Phi) is 8.07. The van der Waals surface area contributed by atoms with Crippen molar-refractivity contribution < 1.29 is 19.4 Å². The molecular formula is C25H38O4. The normalized spacial score (nSPS) is 34.5. The van der Waals surface area contributed by atoms with Gasteiger partial charge < -0.3 is 14.6 Å². The van der Waals surface area contributed by atoms with Crippen molar-refractivity contribution in [3.63, 3.8) is 0 Å². The first-order chi connectivity index (χ1) is 13.6. The van der Waals surface area contributed by atoms with Crippen LogP contribution in [0, 0.1) is 5.41 Å². The third kappa shape index (κ3) is 6.97. The van der Waals surface area contributed by atoms with E-state index >= 15 is 0 Å². The van der Waals surface area contributed by atoms with Crippen molar-refractivity contribution in [2.45, 2.75) is 91.5 Å². The molecule has 0 saturated carbocycles. The van der Waals surface area contributed by atoms with Gasteiger partial charge >= 0.3 is 5.97 Å². The summed E-state index contributed by atoms with van der Waals surface area (Å²) in [5.41, 5.74) is 2.70. The Labute approximate surface area is 176 Å². The first-order valence-electron chi connectivity index (χ1n) is 10.7. The van der Waals surface area contributed by atoms with E-state index in [-0.39, 0.29) is 24.1 Å². The zero-order valence-corrected chi connectivity index (χ0v) is 19.0. The lowest BCUT2D eigenvalue weighted by atomic mass is 9.80. The highest BCUT2D eigenvalue weighted by Gasteiger charge is 2.58. The van der Waals surface area contributed by atoms with Crippen LogP contribution in [0.15, 0.2) is 47.1 Å². The molecule has 4 heteroatoms. The molecule has 0 aromatic carbocycles. The number of aliphatic hydroxyl groups is 1. The number of allylic oxidation sites excluding steroid dienone is 5. The van der Waals surface area contributed by atoms with Crippen LogP contribution < -0.4 is 0 Å². The maximum atomic E-state index is 12.3.